The van der Waals surface area contributed by atoms with E-state index in [0.717, 1.165) is 37.9 Å². The number of nitrogens with one attached hydrogen (secondary N) is 2. The van der Waals surface area contributed by atoms with Crippen molar-refractivity contribution in [3.8, 4) is 0 Å². The fourth-order valence-electron chi connectivity index (χ4n) is 4.27. The number of nitrogens with two attached hydrogens (primary N) is 1. The molecule has 1 saturated heterocycles. The SMILES string of the molecule is CSc1cc(N)c(C=N)cc1Nc1ncnc2sc3c(c12)CCN(C(=O)N1CCOCC1)C3. The molecular formula is C22H25N7O2S2. The van der Waals surface area contributed by atoms with Crippen LogP contribution in [0, 0.1) is 5.41 Å². The highest BCUT2D eigenvalue weighted by Crippen LogP contribution is 2.39. The number of aromatic nitrogens is 2. The molecule has 4 heterocycles. The van der Waals surface area contributed by atoms with Crippen LogP contribution in [0.2, 0.25) is 0 Å². The standard InChI is InChI=1S/C22H25N7O2S2/c1-32-17-9-15(24)13(10-23)8-16(17)27-20-19-14-2-3-29(22(30)28-4-6-31-7-5-28)11-18(14)33-21(19)26-12-25-20/h8-10,12,23H,2-7,11,24H2,1H3,(H,25,26,27). The molecule has 0 spiro atoms. The summed E-state index contributed by atoms with van der Waals surface area (Å²) in [6, 6.07) is 3.84. The number of fused-ring (bicyclic) bond motifs is 3. The number of thiophene rings is 1. The summed E-state index contributed by atoms with van der Waals surface area (Å²) in [6.07, 6.45) is 5.58. The summed E-state index contributed by atoms with van der Waals surface area (Å²) in [5.41, 5.74) is 9.36. The number of thioether (sulfide) groups is 1. The number of ether oxygens (including phenoxy) is 1. The number of hydrogen-bond donors (Lipinski definition) is 3. The molecule has 1 fully saturated rings. The van der Waals surface area contributed by atoms with Crippen molar-refractivity contribution in [1.29, 1.82) is 5.41 Å². The highest BCUT2D eigenvalue weighted by Gasteiger charge is 2.29. The van der Waals surface area contributed by atoms with Crippen LogP contribution >= 0.6 is 23.1 Å². The van der Waals surface area contributed by atoms with Gasteiger partial charge in [0, 0.05) is 46.9 Å². The Bertz CT molecular complexity index is 1220. The minimum absolute atomic E-state index is 0.0801. The van der Waals surface area contributed by atoms with Gasteiger partial charge in [0.15, 0.2) is 0 Å². The Morgan fingerprint density at radius 1 is 1.27 bits per heavy atom. The van der Waals surface area contributed by atoms with E-state index in [1.54, 1.807) is 29.4 Å². The van der Waals surface area contributed by atoms with Crippen molar-refractivity contribution < 1.29 is 9.53 Å². The van der Waals surface area contributed by atoms with Crippen LogP contribution < -0.4 is 11.1 Å². The Kier molecular flexibility index (Phi) is 6.09. The van der Waals surface area contributed by atoms with Gasteiger partial charge in [-0.1, -0.05) is 0 Å². The summed E-state index contributed by atoms with van der Waals surface area (Å²) in [6.45, 7) is 3.74. The van der Waals surface area contributed by atoms with Gasteiger partial charge in [-0.25, -0.2) is 14.8 Å². The first-order valence-corrected chi connectivity index (χ1v) is 12.7. The number of anilines is 3. The first-order valence-electron chi connectivity index (χ1n) is 10.7. The van der Waals surface area contributed by atoms with Crippen LogP contribution in [0.25, 0.3) is 10.2 Å². The Labute approximate surface area is 199 Å². The Balaban J connectivity index is 1.46. The number of amides is 2. The first kappa shape index (κ1) is 21.9. The van der Waals surface area contributed by atoms with Crippen molar-refractivity contribution in [2.75, 3.05) is 50.2 Å². The van der Waals surface area contributed by atoms with E-state index in [0.29, 0.717) is 50.6 Å². The highest BCUT2D eigenvalue weighted by molar-refractivity contribution is 7.98. The van der Waals surface area contributed by atoms with Crippen LogP contribution in [0.3, 0.4) is 0 Å². The average Bonchev–Trinajstić information content (AvgIpc) is 3.23. The summed E-state index contributed by atoms with van der Waals surface area (Å²) in [5, 5.41) is 12.1. The number of urea groups is 1. The number of nitrogens with zero attached hydrogens (tertiary/aromatic N) is 4. The minimum Gasteiger partial charge on any atom is -0.398 e. The number of nitrogen functional groups attached to an aromatic ring is 1. The van der Waals surface area contributed by atoms with Gasteiger partial charge in [-0.05, 0) is 30.4 Å². The van der Waals surface area contributed by atoms with Crippen LogP contribution in [0.1, 0.15) is 16.0 Å². The second-order valence-electron chi connectivity index (χ2n) is 7.91. The smallest absolute Gasteiger partial charge is 0.320 e. The van der Waals surface area contributed by atoms with Crippen molar-refractivity contribution in [3.63, 3.8) is 0 Å². The average molecular weight is 484 g/mol. The van der Waals surface area contributed by atoms with Crippen molar-refractivity contribution in [1.82, 2.24) is 19.8 Å². The molecule has 2 amide bonds. The molecule has 0 aliphatic carbocycles. The van der Waals surface area contributed by atoms with Gasteiger partial charge >= 0.3 is 6.03 Å². The fraction of sp³-hybridized carbons (Fsp3) is 0.364. The molecule has 11 heteroatoms. The molecule has 0 saturated carbocycles. The zero-order valence-corrected chi connectivity index (χ0v) is 19.9. The Morgan fingerprint density at radius 2 is 2.09 bits per heavy atom. The molecule has 3 aromatic rings. The topological polar surface area (TPSA) is 120 Å². The fourth-order valence-corrected chi connectivity index (χ4v) is 6.05. The Hall–Kier alpha value is -2.89. The van der Waals surface area contributed by atoms with Crippen molar-refractivity contribution in [3.05, 3.63) is 34.5 Å². The number of carbonyl (C=O) groups excluding carboxylic acids is 1. The van der Waals surface area contributed by atoms with E-state index in [2.05, 4.69) is 15.3 Å². The Morgan fingerprint density at radius 3 is 2.85 bits per heavy atom. The lowest BCUT2D eigenvalue weighted by atomic mass is 10.0. The zero-order valence-electron chi connectivity index (χ0n) is 18.3. The normalized spacial score (nSPS) is 16.0. The first-order chi connectivity index (χ1) is 16.1. The molecule has 2 aromatic heterocycles. The van der Waals surface area contributed by atoms with Crippen molar-refractivity contribution in [2.45, 2.75) is 17.9 Å². The molecule has 4 N–H and O–H groups in total. The number of carbonyl (C=O) groups is 1. The van der Waals surface area contributed by atoms with Crippen LogP contribution in [0.15, 0.2) is 23.4 Å². The van der Waals surface area contributed by atoms with Gasteiger partial charge in [-0.3, -0.25) is 0 Å². The second kappa shape index (κ2) is 9.16. The van der Waals surface area contributed by atoms with Crippen LogP contribution in [-0.2, 0) is 17.7 Å². The highest BCUT2D eigenvalue weighted by atomic mass is 32.2. The predicted molar refractivity (Wildman–Crippen MR) is 133 cm³/mol. The van der Waals surface area contributed by atoms with Crippen molar-refractivity contribution in [2.24, 2.45) is 0 Å². The second-order valence-corrected chi connectivity index (χ2v) is 9.84. The molecule has 172 valence electrons. The lowest BCUT2D eigenvalue weighted by Crippen LogP contribution is -2.49. The molecule has 2 aliphatic rings. The van der Waals surface area contributed by atoms with E-state index in [1.807, 2.05) is 28.2 Å². The molecule has 5 rings (SSSR count). The molecule has 0 bridgehead atoms. The molecule has 2 aliphatic heterocycles. The third kappa shape index (κ3) is 4.11. The number of hydrogen-bond acceptors (Lipinski definition) is 9. The van der Waals surface area contributed by atoms with Crippen LogP contribution in [0.4, 0.5) is 22.0 Å². The molecule has 0 unspecified atom stereocenters. The van der Waals surface area contributed by atoms with Gasteiger partial charge in [0.25, 0.3) is 0 Å². The molecule has 0 radical (unpaired) electrons. The third-order valence-corrected chi connectivity index (χ3v) is 7.91. The predicted octanol–water partition coefficient (Wildman–Crippen LogP) is 3.55. The van der Waals surface area contributed by atoms with E-state index in [1.165, 1.54) is 11.8 Å². The van der Waals surface area contributed by atoms with E-state index in [4.69, 9.17) is 15.9 Å². The quantitative estimate of drug-likeness (QED) is 0.295. The van der Waals surface area contributed by atoms with Crippen LogP contribution in [0.5, 0.6) is 0 Å². The van der Waals surface area contributed by atoms with Crippen LogP contribution in [-0.4, -0.2) is 71.1 Å². The molecule has 1 aromatic carbocycles. The van der Waals surface area contributed by atoms with Gasteiger partial charge < -0.3 is 31.0 Å². The molecule has 33 heavy (non-hydrogen) atoms. The lowest BCUT2D eigenvalue weighted by molar-refractivity contribution is 0.0423. The number of morpholine rings is 1. The zero-order chi connectivity index (χ0) is 22.9. The number of benzene rings is 1. The molecule has 9 nitrogen and oxygen atoms in total. The summed E-state index contributed by atoms with van der Waals surface area (Å²) in [5.74, 6) is 0.737. The maximum absolute atomic E-state index is 13.0. The van der Waals surface area contributed by atoms with Gasteiger partial charge in [0.1, 0.15) is 17.0 Å². The summed E-state index contributed by atoms with van der Waals surface area (Å²) < 4.78 is 5.38. The summed E-state index contributed by atoms with van der Waals surface area (Å²) >= 11 is 3.21. The van der Waals surface area contributed by atoms with Crippen molar-refractivity contribution >= 4 is 62.8 Å². The van der Waals surface area contributed by atoms with Gasteiger partial charge in [-0.15, -0.1) is 23.1 Å². The molecular weight excluding hydrogens is 458 g/mol. The van der Waals surface area contributed by atoms with E-state index in [9.17, 15) is 4.79 Å². The summed E-state index contributed by atoms with van der Waals surface area (Å²) in [4.78, 5) is 28.9. The van der Waals surface area contributed by atoms with Gasteiger partial charge in [-0.2, -0.15) is 0 Å². The number of rotatable bonds is 4. The minimum atomic E-state index is 0.0801. The lowest BCUT2D eigenvalue weighted by Gasteiger charge is -2.34. The molecule has 0 atom stereocenters. The third-order valence-electron chi connectivity index (χ3n) is 6.00. The van der Waals surface area contributed by atoms with Gasteiger partial charge in [0.05, 0.1) is 30.8 Å². The van der Waals surface area contributed by atoms with E-state index >= 15 is 0 Å². The van der Waals surface area contributed by atoms with E-state index < -0.39 is 0 Å². The van der Waals surface area contributed by atoms with Gasteiger partial charge in [0.2, 0.25) is 0 Å². The van der Waals surface area contributed by atoms with E-state index in [-0.39, 0.29) is 6.03 Å². The largest absolute Gasteiger partial charge is 0.398 e. The maximum atomic E-state index is 13.0. The summed E-state index contributed by atoms with van der Waals surface area (Å²) in [7, 11) is 0. The monoisotopic (exact) mass is 483 g/mol. The maximum Gasteiger partial charge on any atom is 0.320 e.